The van der Waals surface area contributed by atoms with Crippen molar-refractivity contribution in [2.45, 2.75) is 32.9 Å². The van der Waals surface area contributed by atoms with Crippen LogP contribution in [0.5, 0.6) is 0 Å². The van der Waals surface area contributed by atoms with E-state index in [4.69, 9.17) is 5.73 Å². The van der Waals surface area contributed by atoms with Crippen molar-refractivity contribution in [1.82, 2.24) is 14.5 Å². The van der Waals surface area contributed by atoms with Crippen LogP contribution in [0, 0.1) is 6.92 Å². The lowest BCUT2D eigenvalue weighted by Crippen LogP contribution is -2.28. The summed E-state index contributed by atoms with van der Waals surface area (Å²) in [5, 5.41) is 0. The van der Waals surface area contributed by atoms with Crippen molar-refractivity contribution in [2.75, 3.05) is 20.1 Å². The second-order valence-corrected chi connectivity index (χ2v) is 4.24. The van der Waals surface area contributed by atoms with Gasteiger partial charge in [0.15, 0.2) is 0 Å². The third-order valence-corrected chi connectivity index (χ3v) is 2.61. The number of likely N-dealkylation sites (N-methyl/N-ethyl adjacent to an activating group) is 1. The van der Waals surface area contributed by atoms with Gasteiger partial charge in [-0.15, -0.1) is 0 Å². The molecule has 4 nitrogen and oxygen atoms in total. The Morgan fingerprint density at radius 3 is 2.80 bits per heavy atom. The number of nitrogens with zero attached hydrogens (tertiary/aromatic N) is 3. The minimum absolute atomic E-state index is 0.294. The number of imidazole rings is 1. The van der Waals surface area contributed by atoms with Gasteiger partial charge in [-0.3, -0.25) is 0 Å². The van der Waals surface area contributed by atoms with Crippen LogP contribution < -0.4 is 5.73 Å². The number of hydrogen-bond donors (Lipinski definition) is 1. The molecule has 1 aromatic rings. The van der Waals surface area contributed by atoms with Gasteiger partial charge in [0, 0.05) is 31.5 Å². The number of hydrogen-bond acceptors (Lipinski definition) is 3. The Morgan fingerprint density at radius 2 is 2.27 bits per heavy atom. The van der Waals surface area contributed by atoms with E-state index in [2.05, 4.69) is 21.5 Å². The van der Waals surface area contributed by atoms with Gasteiger partial charge in [0.05, 0.1) is 0 Å². The van der Waals surface area contributed by atoms with E-state index in [-0.39, 0.29) is 0 Å². The van der Waals surface area contributed by atoms with E-state index in [1.807, 2.05) is 26.2 Å². The van der Waals surface area contributed by atoms with Crippen molar-refractivity contribution < 1.29 is 0 Å². The molecule has 0 saturated carbocycles. The molecule has 0 bridgehead atoms. The first-order chi connectivity index (χ1) is 7.09. The molecule has 0 aliphatic heterocycles. The largest absolute Gasteiger partial charge is 0.334 e. The lowest BCUT2D eigenvalue weighted by Gasteiger charge is -2.18. The number of aryl methyl sites for hydroxylation is 1. The van der Waals surface area contributed by atoms with E-state index in [0.29, 0.717) is 6.04 Å². The summed E-state index contributed by atoms with van der Waals surface area (Å²) in [6.07, 6.45) is 4.92. The van der Waals surface area contributed by atoms with Crippen LogP contribution in [0.3, 0.4) is 0 Å². The summed E-state index contributed by atoms with van der Waals surface area (Å²) in [6, 6.07) is 0.294. The quantitative estimate of drug-likeness (QED) is 0.757. The van der Waals surface area contributed by atoms with Crippen molar-refractivity contribution in [1.29, 1.82) is 0 Å². The van der Waals surface area contributed by atoms with Crippen LogP contribution in [0.2, 0.25) is 0 Å². The zero-order valence-corrected chi connectivity index (χ0v) is 9.98. The van der Waals surface area contributed by atoms with Gasteiger partial charge < -0.3 is 15.2 Å². The molecule has 0 spiro atoms. The van der Waals surface area contributed by atoms with Crippen LogP contribution >= 0.6 is 0 Å². The minimum atomic E-state index is 0.294. The Morgan fingerprint density at radius 1 is 1.53 bits per heavy atom. The first-order valence-corrected chi connectivity index (χ1v) is 5.51. The smallest absolute Gasteiger partial charge is 0.105 e. The number of nitrogens with two attached hydrogens (primary N) is 1. The third-order valence-electron chi connectivity index (χ3n) is 2.61. The van der Waals surface area contributed by atoms with E-state index >= 15 is 0 Å². The second-order valence-electron chi connectivity index (χ2n) is 4.24. The molecule has 15 heavy (non-hydrogen) atoms. The molecule has 0 aromatic carbocycles. The fourth-order valence-electron chi connectivity index (χ4n) is 1.45. The molecule has 0 aliphatic carbocycles. The first kappa shape index (κ1) is 12.2. The molecule has 1 aromatic heterocycles. The molecule has 1 rings (SSSR count). The normalized spacial score (nSPS) is 13.4. The van der Waals surface area contributed by atoms with Crippen molar-refractivity contribution in [3.8, 4) is 0 Å². The summed E-state index contributed by atoms with van der Waals surface area (Å²) in [5.74, 6) is 1.08. The van der Waals surface area contributed by atoms with E-state index in [0.717, 1.165) is 31.9 Å². The molecule has 0 amide bonds. The molecule has 0 aliphatic rings. The Bertz CT molecular complexity index is 280. The van der Waals surface area contributed by atoms with Crippen LogP contribution in [0.1, 0.15) is 19.2 Å². The van der Waals surface area contributed by atoms with E-state index < -0.39 is 0 Å². The van der Waals surface area contributed by atoms with Crippen LogP contribution in [-0.2, 0) is 6.54 Å². The van der Waals surface area contributed by atoms with Crippen molar-refractivity contribution >= 4 is 0 Å². The fraction of sp³-hybridized carbons (Fsp3) is 0.727. The van der Waals surface area contributed by atoms with Crippen molar-refractivity contribution in [3.63, 3.8) is 0 Å². The van der Waals surface area contributed by atoms with Crippen molar-refractivity contribution in [2.24, 2.45) is 5.73 Å². The van der Waals surface area contributed by atoms with Crippen LogP contribution in [0.15, 0.2) is 12.4 Å². The molecule has 86 valence electrons. The lowest BCUT2D eigenvalue weighted by molar-refractivity contribution is 0.306. The average Bonchev–Trinajstić information content (AvgIpc) is 2.58. The van der Waals surface area contributed by atoms with Gasteiger partial charge in [0.25, 0.3) is 0 Å². The highest BCUT2D eigenvalue weighted by Crippen LogP contribution is 1.97. The summed E-state index contributed by atoms with van der Waals surface area (Å²) < 4.78 is 2.17. The monoisotopic (exact) mass is 210 g/mol. The van der Waals surface area contributed by atoms with Gasteiger partial charge >= 0.3 is 0 Å². The van der Waals surface area contributed by atoms with E-state index in [1.165, 1.54) is 0 Å². The predicted octanol–water partition coefficient (Wildman–Crippen LogP) is 0.861. The molecule has 0 radical (unpaired) electrons. The van der Waals surface area contributed by atoms with Gasteiger partial charge in [-0.1, -0.05) is 0 Å². The molecule has 2 N–H and O–H groups in total. The SMILES string of the molecule is Cc1nccn1CCN(C)CCC(C)N. The zero-order chi connectivity index (χ0) is 11.3. The Labute approximate surface area is 92.1 Å². The molecule has 1 atom stereocenters. The van der Waals surface area contributed by atoms with Gasteiger partial charge in [0.2, 0.25) is 0 Å². The molecule has 0 fully saturated rings. The number of rotatable bonds is 6. The molecule has 1 heterocycles. The summed E-state index contributed by atoms with van der Waals surface area (Å²) in [4.78, 5) is 6.50. The Hall–Kier alpha value is -0.870. The topological polar surface area (TPSA) is 47.1 Å². The fourth-order valence-corrected chi connectivity index (χ4v) is 1.45. The molecule has 4 heteroatoms. The average molecular weight is 210 g/mol. The molecular weight excluding hydrogens is 188 g/mol. The maximum absolute atomic E-state index is 5.71. The third kappa shape index (κ3) is 4.44. The Balaban J connectivity index is 2.22. The lowest BCUT2D eigenvalue weighted by atomic mass is 10.2. The number of aromatic nitrogens is 2. The highest BCUT2D eigenvalue weighted by Gasteiger charge is 2.02. The van der Waals surface area contributed by atoms with Crippen LogP contribution in [-0.4, -0.2) is 40.6 Å². The van der Waals surface area contributed by atoms with Gasteiger partial charge in [-0.25, -0.2) is 4.98 Å². The van der Waals surface area contributed by atoms with Crippen LogP contribution in [0.25, 0.3) is 0 Å². The van der Waals surface area contributed by atoms with Crippen molar-refractivity contribution in [3.05, 3.63) is 18.2 Å². The maximum Gasteiger partial charge on any atom is 0.105 e. The van der Waals surface area contributed by atoms with E-state index in [9.17, 15) is 0 Å². The van der Waals surface area contributed by atoms with E-state index in [1.54, 1.807) is 0 Å². The van der Waals surface area contributed by atoms with Gasteiger partial charge in [-0.2, -0.15) is 0 Å². The summed E-state index contributed by atoms with van der Waals surface area (Å²) >= 11 is 0. The van der Waals surface area contributed by atoms with Gasteiger partial charge in [-0.05, 0) is 33.9 Å². The predicted molar refractivity (Wildman–Crippen MR) is 62.7 cm³/mol. The first-order valence-electron chi connectivity index (χ1n) is 5.51. The van der Waals surface area contributed by atoms with Gasteiger partial charge in [0.1, 0.15) is 5.82 Å². The summed E-state index contributed by atoms with van der Waals surface area (Å²) in [6.45, 7) is 7.19. The Kier molecular flexibility index (Phi) is 4.78. The molecule has 1 unspecified atom stereocenters. The maximum atomic E-state index is 5.71. The minimum Gasteiger partial charge on any atom is -0.334 e. The standard InChI is InChI=1S/C11H22N4/c1-10(12)4-6-14(3)8-9-15-7-5-13-11(15)2/h5,7,10H,4,6,8-9,12H2,1-3H3. The highest BCUT2D eigenvalue weighted by molar-refractivity contribution is 4.88. The van der Waals surface area contributed by atoms with Crippen LogP contribution in [0.4, 0.5) is 0 Å². The highest BCUT2D eigenvalue weighted by atomic mass is 15.1. The molecule has 0 saturated heterocycles. The molecular formula is C11H22N4. The summed E-state index contributed by atoms with van der Waals surface area (Å²) in [7, 11) is 2.13. The second kappa shape index (κ2) is 5.88. The zero-order valence-electron chi connectivity index (χ0n) is 9.98. The summed E-state index contributed by atoms with van der Waals surface area (Å²) in [5.41, 5.74) is 5.71.